The summed E-state index contributed by atoms with van der Waals surface area (Å²) in [4.78, 5) is 0. The molecule has 0 aromatic rings. The summed E-state index contributed by atoms with van der Waals surface area (Å²) < 4.78 is 11.7. The third-order valence-electron chi connectivity index (χ3n) is 0.401. The van der Waals surface area contributed by atoms with E-state index in [1.54, 1.807) is 0 Å². The molecule has 0 atom stereocenters. The van der Waals surface area contributed by atoms with Gasteiger partial charge in [-0.25, -0.2) is 0 Å². The second kappa shape index (κ2) is 1.95. The topological polar surface area (TPSA) is 0 Å². The molecule has 0 aromatic carbocycles. The van der Waals surface area contributed by atoms with Crippen LogP contribution in [0.5, 0.6) is 0 Å². The molecule has 0 aliphatic carbocycles. The summed E-state index contributed by atoms with van der Waals surface area (Å²) in [7, 11) is 0. The fourth-order valence-corrected chi connectivity index (χ4v) is 0. The minimum Gasteiger partial charge on any atom is -0.424 e. The first-order valence-corrected chi connectivity index (χ1v) is 3.36. The van der Waals surface area contributed by atoms with Crippen LogP contribution in [0.2, 0.25) is 4.28 Å². The van der Waals surface area contributed by atoms with Crippen LogP contribution >= 0.6 is 0 Å². The largest absolute Gasteiger partial charge is 0.500 e. The van der Waals surface area contributed by atoms with E-state index in [4.69, 9.17) is 0 Å². The minimum atomic E-state index is -1.25. The van der Waals surface area contributed by atoms with Gasteiger partial charge in [0.25, 0.3) is 0 Å². The molecular formula is C4H10AlF. The van der Waals surface area contributed by atoms with Crippen molar-refractivity contribution in [3.8, 4) is 0 Å². The lowest BCUT2D eigenvalue weighted by Gasteiger charge is -2.06. The third kappa shape index (κ3) is 4.46. The highest BCUT2D eigenvalue weighted by atomic mass is 27.2. The van der Waals surface area contributed by atoms with Crippen molar-refractivity contribution < 1.29 is 3.52 Å². The molecule has 36 valence electrons. The zero-order valence-electron chi connectivity index (χ0n) is 4.59. The van der Waals surface area contributed by atoms with Crippen molar-refractivity contribution in [1.82, 2.24) is 0 Å². The van der Waals surface area contributed by atoms with Crippen molar-refractivity contribution >= 4 is 15.7 Å². The van der Waals surface area contributed by atoms with Gasteiger partial charge in [-0.1, -0.05) is 25.0 Å². The van der Waals surface area contributed by atoms with Gasteiger partial charge in [0.1, 0.15) is 0 Å². The molecule has 0 unspecified atom stereocenters. The second-order valence-corrected chi connectivity index (χ2v) is 5.08. The Balaban J connectivity index is 3.17. The SMILES string of the molecule is C[C](C)(C)[AlH][F]. The first kappa shape index (κ1) is 6.46. The van der Waals surface area contributed by atoms with Crippen molar-refractivity contribution in [3.63, 3.8) is 0 Å². The van der Waals surface area contributed by atoms with Crippen molar-refractivity contribution in [2.24, 2.45) is 0 Å². The van der Waals surface area contributed by atoms with Crippen LogP contribution in [0.4, 0.5) is 3.52 Å². The zero-order chi connectivity index (χ0) is 5.21. The van der Waals surface area contributed by atoms with Gasteiger partial charge in [0, 0.05) is 0 Å². The van der Waals surface area contributed by atoms with Gasteiger partial charge in [-0.2, -0.15) is 0 Å². The number of rotatable bonds is 0. The lowest BCUT2D eigenvalue weighted by atomic mass is 10.2. The summed E-state index contributed by atoms with van der Waals surface area (Å²) in [6.45, 7) is 5.79. The molecule has 0 aromatic heterocycles. The van der Waals surface area contributed by atoms with E-state index in [0.29, 0.717) is 0 Å². The predicted octanol–water partition coefficient (Wildman–Crippen LogP) is 1.53. The summed E-state index contributed by atoms with van der Waals surface area (Å²) in [5.41, 5.74) is 0. The first-order chi connectivity index (χ1) is 2.56. The maximum Gasteiger partial charge on any atom is 0.500 e. The van der Waals surface area contributed by atoms with Crippen molar-refractivity contribution in [3.05, 3.63) is 0 Å². The molecular weight excluding hydrogens is 94.0 g/mol. The minimum absolute atomic E-state index is 0.0139. The summed E-state index contributed by atoms with van der Waals surface area (Å²) in [6, 6.07) is 0. The van der Waals surface area contributed by atoms with Crippen molar-refractivity contribution in [1.29, 1.82) is 0 Å². The Labute approximate surface area is 44.9 Å². The number of hydrogen-bond acceptors (Lipinski definition) is 0. The molecule has 0 heterocycles. The van der Waals surface area contributed by atoms with Crippen LogP contribution in [0.1, 0.15) is 20.8 Å². The number of halogens is 1. The molecule has 6 heavy (non-hydrogen) atoms. The van der Waals surface area contributed by atoms with Crippen molar-refractivity contribution in [2.45, 2.75) is 25.0 Å². The molecule has 0 radical (unpaired) electrons. The van der Waals surface area contributed by atoms with Crippen LogP contribution < -0.4 is 0 Å². The van der Waals surface area contributed by atoms with Gasteiger partial charge in [-0.15, -0.1) is 0 Å². The zero-order valence-corrected chi connectivity index (χ0v) is 6.00. The molecule has 0 rings (SSSR count). The van der Waals surface area contributed by atoms with Crippen LogP contribution in [-0.2, 0) is 0 Å². The Morgan fingerprint density at radius 2 is 1.50 bits per heavy atom. The van der Waals surface area contributed by atoms with E-state index in [-0.39, 0.29) is 4.28 Å². The Bertz CT molecular complexity index is 37.3. The molecule has 0 aliphatic rings. The van der Waals surface area contributed by atoms with E-state index in [0.717, 1.165) is 0 Å². The quantitative estimate of drug-likeness (QED) is 0.409. The average Bonchev–Trinajstić information content (AvgIpc) is 1.35. The molecule has 0 saturated heterocycles. The van der Waals surface area contributed by atoms with Gasteiger partial charge in [0.05, 0.1) is 0 Å². The van der Waals surface area contributed by atoms with E-state index >= 15 is 0 Å². The fourth-order valence-electron chi connectivity index (χ4n) is 0. The van der Waals surface area contributed by atoms with Crippen molar-refractivity contribution in [2.75, 3.05) is 0 Å². The van der Waals surface area contributed by atoms with Gasteiger partial charge < -0.3 is 3.52 Å². The van der Waals surface area contributed by atoms with Gasteiger partial charge >= 0.3 is 15.7 Å². The molecule has 0 aliphatic heterocycles. The van der Waals surface area contributed by atoms with E-state index in [9.17, 15) is 3.52 Å². The van der Waals surface area contributed by atoms with E-state index < -0.39 is 15.7 Å². The summed E-state index contributed by atoms with van der Waals surface area (Å²) in [5.74, 6) is 0. The van der Waals surface area contributed by atoms with E-state index in [1.165, 1.54) is 0 Å². The van der Waals surface area contributed by atoms with Gasteiger partial charge in [-0.3, -0.25) is 0 Å². The lowest BCUT2D eigenvalue weighted by Crippen LogP contribution is -2.00. The highest BCUT2D eigenvalue weighted by molar-refractivity contribution is 6.30. The maximum absolute atomic E-state index is 11.6. The van der Waals surface area contributed by atoms with E-state index in [1.807, 2.05) is 20.8 Å². The summed E-state index contributed by atoms with van der Waals surface area (Å²) in [6.07, 6.45) is 0. The fraction of sp³-hybridized carbons (Fsp3) is 1.00. The van der Waals surface area contributed by atoms with Crippen LogP contribution in [-0.4, -0.2) is 15.7 Å². The molecule has 0 bridgehead atoms. The Morgan fingerprint density at radius 3 is 1.50 bits per heavy atom. The van der Waals surface area contributed by atoms with Crippen LogP contribution in [0.15, 0.2) is 0 Å². The van der Waals surface area contributed by atoms with Gasteiger partial charge in [0.15, 0.2) is 0 Å². The smallest absolute Gasteiger partial charge is 0.424 e. The molecule has 0 nitrogen and oxygen atoms in total. The lowest BCUT2D eigenvalue weighted by molar-refractivity contribution is 0.681. The number of hydrogen-bond donors (Lipinski definition) is 0. The monoisotopic (exact) mass is 104 g/mol. The molecule has 0 N–H and O–H groups in total. The summed E-state index contributed by atoms with van der Waals surface area (Å²) >= 11 is -1.25. The van der Waals surface area contributed by atoms with Crippen LogP contribution in [0, 0.1) is 0 Å². The Kier molecular flexibility index (Phi) is 2.10. The molecule has 0 spiro atoms. The first-order valence-electron chi connectivity index (χ1n) is 2.12. The standard InChI is InChI=1S/C4H9.Al.FH.H/c1-4(2)3;;;/h1-3H3;;1H;/q;+1;;/p-1. The molecule has 0 amide bonds. The Morgan fingerprint density at radius 1 is 1.33 bits per heavy atom. The molecule has 0 fully saturated rings. The highest BCUT2D eigenvalue weighted by Crippen LogP contribution is 2.19. The molecule has 2 heteroatoms. The summed E-state index contributed by atoms with van der Waals surface area (Å²) in [5, 5.41) is 0. The Hall–Kier alpha value is 0.462. The highest BCUT2D eigenvalue weighted by Gasteiger charge is 2.13. The molecule has 0 saturated carbocycles. The predicted molar refractivity (Wildman–Crippen MR) is 28.0 cm³/mol. The van der Waals surface area contributed by atoms with Crippen LogP contribution in [0.3, 0.4) is 0 Å². The maximum atomic E-state index is 11.6. The average molecular weight is 104 g/mol. The normalized spacial score (nSPS) is 11.3. The van der Waals surface area contributed by atoms with E-state index in [2.05, 4.69) is 0 Å². The van der Waals surface area contributed by atoms with Gasteiger partial charge in [-0.05, 0) is 0 Å². The van der Waals surface area contributed by atoms with Crippen LogP contribution in [0.25, 0.3) is 0 Å². The van der Waals surface area contributed by atoms with Gasteiger partial charge in [0.2, 0.25) is 0 Å². The third-order valence-corrected chi connectivity index (χ3v) is 1.20. The second-order valence-electron chi connectivity index (χ2n) is 2.69.